The van der Waals surface area contributed by atoms with E-state index in [4.69, 9.17) is 11.6 Å². The van der Waals surface area contributed by atoms with Crippen LogP contribution in [0, 0.1) is 11.3 Å². The van der Waals surface area contributed by atoms with Crippen LogP contribution in [-0.2, 0) is 10.8 Å². The summed E-state index contributed by atoms with van der Waals surface area (Å²) in [5.41, 5.74) is 1.23. The van der Waals surface area contributed by atoms with Gasteiger partial charge in [0.15, 0.2) is 0 Å². The van der Waals surface area contributed by atoms with Gasteiger partial charge < -0.3 is 5.32 Å². The Balaban J connectivity index is 2.18. The monoisotopic (exact) mass is 335 g/mol. The second-order valence-electron chi connectivity index (χ2n) is 5.92. The number of benzene rings is 1. The number of halogens is 1. The first-order valence-corrected chi connectivity index (χ1v) is 8.64. The molecule has 2 aromatic rings. The summed E-state index contributed by atoms with van der Waals surface area (Å²) >= 11 is 5.96. The minimum Gasteiger partial charge on any atom is -0.369 e. The van der Waals surface area contributed by atoms with Crippen molar-refractivity contribution in [3.63, 3.8) is 0 Å². The van der Waals surface area contributed by atoms with Gasteiger partial charge in [-0.15, -0.1) is 0 Å². The number of hydrogen-bond acceptors (Lipinski definition) is 4. The van der Waals surface area contributed by atoms with Gasteiger partial charge in [-0.05, 0) is 45.0 Å². The molecule has 116 valence electrons. The van der Waals surface area contributed by atoms with Crippen LogP contribution in [0.25, 0.3) is 10.9 Å². The van der Waals surface area contributed by atoms with Gasteiger partial charge in [-0.3, -0.25) is 4.21 Å². The van der Waals surface area contributed by atoms with E-state index in [9.17, 15) is 9.47 Å². The van der Waals surface area contributed by atoms with Crippen LogP contribution < -0.4 is 5.32 Å². The van der Waals surface area contributed by atoms with Crippen molar-refractivity contribution in [3.05, 3.63) is 34.9 Å². The summed E-state index contributed by atoms with van der Waals surface area (Å²) in [6.45, 7) is 6.40. The standard InChI is InChI=1S/C16H18ClN3OS/c1-16(2,3)22(21)7-6-19-15-8-11(10-18)13-9-12(17)4-5-14(13)20-15/h4-5,8-9H,6-7H2,1-3H3,(H,19,20). The van der Waals surface area contributed by atoms with Crippen molar-refractivity contribution in [1.29, 1.82) is 5.26 Å². The Hall–Kier alpha value is -1.64. The van der Waals surface area contributed by atoms with Crippen molar-refractivity contribution < 1.29 is 4.21 Å². The highest BCUT2D eigenvalue weighted by Gasteiger charge is 2.18. The Morgan fingerprint density at radius 2 is 2.09 bits per heavy atom. The van der Waals surface area contributed by atoms with Crippen LogP contribution in [0.5, 0.6) is 0 Å². The van der Waals surface area contributed by atoms with Gasteiger partial charge in [-0.1, -0.05) is 11.6 Å². The molecule has 0 aliphatic carbocycles. The van der Waals surface area contributed by atoms with Gasteiger partial charge >= 0.3 is 0 Å². The topological polar surface area (TPSA) is 65.8 Å². The molecule has 2 rings (SSSR count). The molecule has 0 aliphatic heterocycles. The third kappa shape index (κ3) is 3.96. The third-order valence-electron chi connectivity index (χ3n) is 3.17. The van der Waals surface area contributed by atoms with Crippen molar-refractivity contribution in [3.8, 4) is 6.07 Å². The molecule has 22 heavy (non-hydrogen) atoms. The first kappa shape index (κ1) is 16.7. The molecular weight excluding hydrogens is 318 g/mol. The maximum absolute atomic E-state index is 12.0. The quantitative estimate of drug-likeness (QED) is 0.924. The molecule has 1 aromatic heterocycles. The smallest absolute Gasteiger partial charge is 0.128 e. The van der Waals surface area contributed by atoms with E-state index in [-0.39, 0.29) is 4.75 Å². The fraction of sp³-hybridized carbons (Fsp3) is 0.375. The predicted molar refractivity (Wildman–Crippen MR) is 92.7 cm³/mol. The van der Waals surface area contributed by atoms with E-state index in [1.807, 2.05) is 20.8 Å². The zero-order chi connectivity index (χ0) is 16.3. The van der Waals surface area contributed by atoms with E-state index in [1.54, 1.807) is 24.3 Å². The second kappa shape index (κ2) is 6.64. The maximum Gasteiger partial charge on any atom is 0.128 e. The van der Waals surface area contributed by atoms with E-state index >= 15 is 0 Å². The number of pyridine rings is 1. The van der Waals surface area contributed by atoms with E-state index in [1.165, 1.54) is 0 Å². The molecular formula is C16H18ClN3OS. The number of aromatic nitrogens is 1. The molecule has 0 spiro atoms. The van der Waals surface area contributed by atoms with Crippen molar-refractivity contribution in [2.75, 3.05) is 17.6 Å². The van der Waals surface area contributed by atoms with Gasteiger partial charge in [0.1, 0.15) is 5.82 Å². The maximum atomic E-state index is 12.0. The van der Waals surface area contributed by atoms with Gasteiger partial charge in [0.2, 0.25) is 0 Å². The summed E-state index contributed by atoms with van der Waals surface area (Å²) in [5.74, 6) is 1.14. The first-order chi connectivity index (χ1) is 10.3. The Bertz CT molecular complexity index is 762. The van der Waals surface area contributed by atoms with Gasteiger partial charge in [0.05, 0.1) is 17.1 Å². The zero-order valence-corrected chi connectivity index (χ0v) is 14.4. The summed E-state index contributed by atoms with van der Waals surface area (Å²) in [5, 5.41) is 13.7. The van der Waals surface area contributed by atoms with Crippen LogP contribution >= 0.6 is 11.6 Å². The summed E-state index contributed by atoms with van der Waals surface area (Å²) in [6, 6.07) is 9.13. The van der Waals surface area contributed by atoms with Crippen LogP contribution in [0.15, 0.2) is 24.3 Å². The number of nitrogens with one attached hydrogen (secondary N) is 1. The number of rotatable bonds is 4. The highest BCUT2D eigenvalue weighted by atomic mass is 35.5. The predicted octanol–water partition coefficient (Wildman–Crippen LogP) is 3.72. The second-order valence-corrected chi connectivity index (χ2v) is 8.68. The highest BCUT2D eigenvalue weighted by molar-refractivity contribution is 7.86. The third-order valence-corrected chi connectivity index (χ3v) is 5.34. The van der Waals surface area contributed by atoms with Gasteiger partial charge in [0.25, 0.3) is 0 Å². The van der Waals surface area contributed by atoms with Crippen molar-refractivity contribution in [2.24, 2.45) is 0 Å². The minimum atomic E-state index is -0.921. The minimum absolute atomic E-state index is 0.229. The van der Waals surface area contributed by atoms with Crippen molar-refractivity contribution >= 4 is 39.1 Å². The van der Waals surface area contributed by atoms with E-state index < -0.39 is 10.8 Å². The molecule has 4 nitrogen and oxygen atoms in total. The lowest BCUT2D eigenvalue weighted by molar-refractivity contribution is 0.649. The van der Waals surface area contributed by atoms with E-state index in [0.29, 0.717) is 34.2 Å². The van der Waals surface area contributed by atoms with Crippen LogP contribution in [0.3, 0.4) is 0 Å². The van der Waals surface area contributed by atoms with Gasteiger partial charge in [-0.25, -0.2) is 4.98 Å². The number of hydrogen-bond donors (Lipinski definition) is 1. The molecule has 1 aromatic carbocycles. The number of fused-ring (bicyclic) bond motifs is 1. The summed E-state index contributed by atoms with van der Waals surface area (Å²) in [7, 11) is -0.921. The molecule has 0 radical (unpaired) electrons. The Morgan fingerprint density at radius 1 is 1.36 bits per heavy atom. The summed E-state index contributed by atoms with van der Waals surface area (Å²) in [6.07, 6.45) is 0. The lowest BCUT2D eigenvalue weighted by Crippen LogP contribution is -2.27. The molecule has 1 atom stereocenters. The normalized spacial score (nSPS) is 12.9. The Morgan fingerprint density at radius 3 is 2.73 bits per heavy atom. The molecule has 0 bridgehead atoms. The van der Waals surface area contributed by atoms with Crippen molar-refractivity contribution in [2.45, 2.75) is 25.5 Å². The van der Waals surface area contributed by atoms with Gasteiger partial charge in [-0.2, -0.15) is 5.26 Å². The lowest BCUT2D eigenvalue weighted by Gasteiger charge is -2.17. The lowest BCUT2D eigenvalue weighted by atomic mass is 10.1. The Kier molecular flexibility index (Phi) is 5.05. The molecule has 0 amide bonds. The number of nitrogens with zero attached hydrogens (tertiary/aromatic N) is 2. The molecule has 0 aliphatic rings. The number of nitriles is 1. The molecule has 0 fully saturated rings. The van der Waals surface area contributed by atoms with Crippen LogP contribution in [0.2, 0.25) is 5.02 Å². The van der Waals surface area contributed by atoms with Crippen LogP contribution in [-0.4, -0.2) is 26.2 Å². The fourth-order valence-electron chi connectivity index (χ4n) is 1.96. The van der Waals surface area contributed by atoms with Gasteiger partial charge in [0, 0.05) is 38.3 Å². The van der Waals surface area contributed by atoms with E-state index in [2.05, 4.69) is 16.4 Å². The molecule has 0 saturated heterocycles. The average molecular weight is 336 g/mol. The average Bonchev–Trinajstić information content (AvgIpc) is 2.45. The SMILES string of the molecule is CC(C)(C)S(=O)CCNc1cc(C#N)c2cc(Cl)ccc2n1. The Labute approximate surface area is 138 Å². The molecule has 0 saturated carbocycles. The van der Waals surface area contributed by atoms with E-state index in [0.717, 1.165) is 5.39 Å². The summed E-state index contributed by atoms with van der Waals surface area (Å²) in [4.78, 5) is 4.46. The highest BCUT2D eigenvalue weighted by Crippen LogP contribution is 2.23. The molecule has 1 N–H and O–H groups in total. The largest absolute Gasteiger partial charge is 0.369 e. The molecule has 1 unspecified atom stereocenters. The number of anilines is 1. The zero-order valence-electron chi connectivity index (χ0n) is 12.8. The van der Waals surface area contributed by atoms with Crippen LogP contribution in [0.4, 0.5) is 5.82 Å². The molecule has 1 heterocycles. The fourth-order valence-corrected chi connectivity index (χ4v) is 3.03. The van der Waals surface area contributed by atoms with Crippen LogP contribution in [0.1, 0.15) is 26.3 Å². The summed E-state index contributed by atoms with van der Waals surface area (Å²) < 4.78 is 11.8. The first-order valence-electron chi connectivity index (χ1n) is 6.94. The molecule has 6 heteroatoms. The van der Waals surface area contributed by atoms with Crippen molar-refractivity contribution in [1.82, 2.24) is 4.98 Å².